The number of nitrogens with zero attached hydrogens (tertiary/aromatic N) is 2. The van der Waals surface area contributed by atoms with Crippen LogP contribution in [-0.4, -0.2) is 27.3 Å². The monoisotopic (exact) mass is 332 g/mol. The Bertz CT molecular complexity index is 772. The molecule has 0 atom stereocenters. The van der Waals surface area contributed by atoms with Crippen molar-refractivity contribution in [3.63, 3.8) is 0 Å². The van der Waals surface area contributed by atoms with Crippen LogP contribution in [0.2, 0.25) is 5.15 Å². The van der Waals surface area contributed by atoms with Gasteiger partial charge in [0, 0.05) is 11.6 Å². The summed E-state index contributed by atoms with van der Waals surface area (Å²) in [4.78, 5) is 32.6. The Morgan fingerprint density at radius 1 is 1.17 bits per heavy atom. The molecule has 3 rings (SSSR count). The summed E-state index contributed by atoms with van der Waals surface area (Å²) in [6.45, 7) is 0. The van der Waals surface area contributed by atoms with Crippen LogP contribution in [0, 0.1) is 0 Å². The Morgan fingerprint density at radius 3 is 2.61 bits per heavy atom. The predicted octanol–water partition coefficient (Wildman–Crippen LogP) is 2.20. The SMILES string of the molecule is NC(=O)C1(NC(=O)c2ccc3ccnc(Cl)c3n2)CCCCC1. The molecule has 2 aromatic rings. The molecule has 2 heterocycles. The van der Waals surface area contributed by atoms with E-state index in [-0.39, 0.29) is 10.8 Å². The number of hydrogen-bond donors (Lipinski definition) is 2. The van der Waals surface area contributed by atoms with Gasteiger partial charge in [-0.3, -0.25) is 9.59 Å². The van der Waals surface area contributed by atoms with Gasteiger partial charge in [0.15, 0.2) is 5.15 Å². The molecule has 0 unspecified atom stereocenters. The minimum Gasteiger partial charge on any atom is -0.368 e. The number of amides is 2. The first-order valence-electron chi connectivity index (χ1n) is 7.55. The zero-order chi connectivity index (χ0) is 16.4. The fraction of sp³-hybridized carbons (Fsp3) is 0.375. The Hall–Kier alpha value is -2.21. The van der Waals surface area contributed by atoms with Crippen LogP contribution in [0.15, 0.2) is 24.4 Å². The largest absolute Gasteiger partial charge is 0.368 e. The second-order valence-electron chi connectivity index (χ2n) is 5.83. The smallest absolute Gasteiger partial charge is 0.270 e. The van der Waals surface area contributed by atoms with E-state index in [1.165, 1.54) is 0 Å². The maximum atomic E-state index is 12.5. The number of hydrogen-bond acceptors (Lipinski definition) is 4. The highest BCUT2D eigenvalue weighted by atomic mass is 35.5. The number of fused-ring (bicyclic) bond motifs is 1. The van der Waals surface area contributed by atoms with Crippen molar-refractivity contribution in [2.45, 2.75) is 37.6 Å². The molecule has 1 aliphatic carbocycles. The molecule has 0 saturated heterocycles. The summed E-state index contributed by atoms with van der Waals surface area (Å²) in [6.07, 6.45) is 5.47. The molecule has 2 amide bonds. The van der Waals surface area contributed by atoms with Crippen molar-refractivity contribution in [2.24, 2.45) is 5.73 Å². The summed E-state index contributed by atoms with van der Waals surface area (Å²) in [7, 11) is 0. The lowest BCUT2D eigenvalue weighted by Crippen LogP contribution is -2.58. The first-order valence-corrected chi connectivity index (χ1v) is 7.93. The number of rotatable bonds is 3. The zero-order valence-corrected chi connectivity index (χ0v) is 13.3. The molecule has 1 aliphatic rings. The van der Waals surface area contributed by atoms with Gasteiger partial charge in [-0.2, -0.15) is 0 Å². The van der Waals surface area contributed by atoms with Crippen molar-refractivity contribution >= 4 is 34.3 Å². The van der Waals surface area contributed by atoms with Gasteiger partial charge < -0.3 is 11.1 Å². The molecule has 23 heavy (non-hydrogen) atoms. The van der Waals surface area contributed by atoms with E-state index in [0.29, 0.717) is 18.4 Å². The van der Waals surface area contributed by atoms with Crippen LogP contribution in [0.25, 0.3) is 10.9 Å². The standard InChI is InChI=1S/C16H17ClN4O2/c17-13-12-10(6-9-19-13)4-5-11(20-12)14(22)21-16(15(18)23)7-2-1-3-8-16/h4-6,9H,1-3,7-8H2,(H2,18,23)(H,21,22). The molecular weight excluding hydrogens is 316 g/mol. The van der Waals surface area contributed by atoms with E-state index >= 15 is 0 Å². The second-order valence-corrected chi connectivity index (χ2v) is 6.19. The summed E-state index contributed by atoms with van der Waals surface area (Å²) < 4.78 is 0. The Labute approximate surface area is 138 Å². The van der Waals surface area contributed by atoms with Crippen LogP contribution in [0.5, 0.6) is 0 Å². The van der Waals surface area contributed by atoms with Gasteiger partial charge in [-0.25, -0.2) is 9.97 Å². The quantitative estimate of drug-likeness (QED) is 0.842. The molecule has 2 aromatic heterocycles. The van der Waals surface area contributed by atoms with Gasteiger partial charge in [-0.05, 0) is 25.0 Å². The molecular formula is C16H17ClN4O2. The number of pyridine rings is 2. The fourth-order valence-corrected chi connectivity index (χ4v) is 3.22. The topological polar surface area (TPSA) is 98.0 Å². The highest BCUT2D eigenvalue weighted by Gasteiger charge is 2.39. The van der Waals surface area contributed by atoms with E-state index < -0.39 is 17.4 Å². The molecule has 7 heteroatoms. The van der Waals surface area contributed by atoms with E-state index in [0.717, 1.165) is 24.6 Å². The van der Waals surface area contributed by atoms with Crippen molar-refractivity contribution in [1.29, 1.82) is 0 Å². The highest BCUT2D eigenvalue weighted by Crippen LogP contribution is 2.28. The van der Waals surface area contributed by atoms with Crippen LogP contribution >= 0.6 is 11.6 Å². The normalized spacial score (nSPS) is 16.9. The van der Waals surface area contributed by atoms with E-state index in [1.807, 2.05) is 0 Å². The Morgan fingerprint density at radius 2 is 1.91 bits per heavy atom. The molecule has 0 aromatic carbocycles. The Balaban J connectivity index is 1.90. The molecule has 0 spiro atoms. The Kier molecular flexibility index (Phi) is 4.17. The number of nitrogens with two attached hydrogens (primary N) is 1. The third-order valence-corrected chi connectivity index (χ3v) is 4.60. The molecule has 0 radical (unpaired) electrons. The van der Waals surface area contributed by atoms with E-state index in [2.05, 4.69) is 15.3 Å². The molecule has 6 nitrogen and oxygen atoms in total. The third-order valence-electron chi connectivity index (χ3n) is 4.33. The van der Waals surface area contributed by atoms with Crippen molar-refractivity contribution in [3.8, 4) is 0 Å². The molecule has 1 fully saturated rings. The lowest BCUT2D eigenvalue weighted by atomic mass is 9.81. The van der Waals surface area contributed by atoms with Crippen LogP contribution in [0.3, 0.4) is 0 Å². The number of aromatic nitrogens is 2. The molecule has 0 aliphatic heterocycles. The zero-order valence-electron chi connectivity index (χ0n) is 12.5. The van der Waals surface area contributed by atoms with Crippen LogP contribution in [0.1, 0.15) is 42.6 Å². The third kappa shape index (κ3) is 2.99. The lowest BCUT2D eigenvalue weighted by molar-refractivity contribution is -0.125. The van der Waals surface area contributed by atoms with Crippen LogP contribution in [0.4, 0.5) is 0 Å². The van der Waals surface area contributed by atoms with Crippen LogP contribution in [-0.2, 0) is 4.79 Å². The van der Waals surface area contributed by atoms with Crippen molar-refractivity contribution < 1.29 is 9.59 Å². The van der Waals surface area contributed by atoms with E-state index in [4.69, 9.17) is 17.3 Å². The van der Waals surface area contributed by atoms with Gasteiger partial charge in [0.1, 0.15) is 16.7 Å². The highest BCUT2D eigenvalue weighted by molar-refractivity contribution is 6.33. The summed E-state index contributed by atoms with van der Waals surface area (Å²) in [6, 6.07) is 5.12. The van der Waals surface area contributed by atoms with Crippen molar-refractivity contribution in [1.82, 2.24) is 15.3 Å². The average molecular weight is 333 g/mol. The first kappa shape index (κ1) is 15.7. The number of carbonyl (C=O) groups excluding carboxylic acids is 2. The molecule has 3 N–H and O–H groups in total. The van der Waals surface area contributed by atoms with E-state index in [1.54, 1.807) is 24.4 Å². The number of nitrogens with one attached hydrogen (secondary N) is 1. The maximum absolute atomic E-state index is 12.5. The minimum atomic E-state index is -0.981. The fourth-order valence-electron chi connectivity index (χ4n) is 3.01. The molecule has 0 bridgehead atoms. The number of carbonyl (C=O) groups is 2. The van der Waals surface area contributed by atoms with Gasteiger partial charge in [-0.1, -0.05) is 36.9 Å². The molecule has 1 saturated carbocycles. The predicted molar refractivity (Wildman–Crippen MR) is 87.0 cm³/mol. The number of halogens is 1. The summed E-state index contributed by atoms with van der Waals surface area (Å²) in [5, 5.41) is 3.82. The minimum absolute atomic E-state index is 0.193. The van der Waals surface area contributed by atoms with Crippen molar-refractivity contribution in [2.75, 3.05) is 0 Å². The van der Waals surface area contributed by atoms with E-state index in [9.17, 15) is 9.59 Å². The summed E-state index contributed by atoms with van der Waals surface area (Å²) in [5.41, 5.74) is 5.21. The second kappa shape index (κ2) is 6.12. The first-order chi connectivity index (χ1) is 11.0. The van der Waals surface area contributed by atoms with Gasteiger partial charge in [-0.15, -0.1) is 0 Å². The maximum Gasteiger partial charge on any atom is 0.270 e. The average Bonchev–Trinajstić information content (AvgIpc) is 2.55. The van der Waals surface area contributed by atoms with Gasteiger partial charge in [0.2, 0.25) is 5.91 Å². The van der Waals surface area contributed by atoms with Crippen molar-refractivity contribution in [3.05, 3.63) is 35.2 Å². The number of primary amides is 1. The van der Waals surface area contributed by atoms with Gasteiger partial charge >= 0.3 is 0 Å². The van der Waals surface area contributed by atoms with Gasteiger partial charge in [0.05, 0.1) is 0 Å². The lowest BCUT2D eigenvalue weighted by Gasteiger charge is -2.34. The van der Waals surface area contributed by atoms with Crippen LogP contribution < -0.4 is 11.1 Å². The summed E-state index contributed by atoms with van der Waals surface area (Å²) >= 11 is 6.02. The van der Waals surface area contributed by atoms with Gasteiger partial charge in [0.25, 0.3) is 5.91 Å². The molecule has 120 valence electrons. The summed E-state index contributed by atoms with van der Waals surface area (Å²) in [5.74, 6) is -0.918.